The molecule has 0 saturated carbocycles. The number of nitrogens with zero attached hydrogens (tertiary/aromatic N) is 1. The van der Waals surface area contributed by atoms with Gasteiger partial charge in [0.05, 0.1) is 0 Å². The van der Waals surface area contributed by atoms with Crippen LogP contribution in [-0.2, 0) is 6.42 Å². The topological polar surface area (TPSA) is 24.5 Å². The van der Waals surface area contributed by atoms with E-state index in [1.807, 2.05) is 30.3 Å². The first-order chi connectivity index (χ1) is 11.3. The molecule has 3 nitrogen and oxygen atoms in total. The Morgan fingerprint density at radius 3 is 2.30 bits per heavy atom. The number of piperidine rings is 1. The summed E-state index contributed by atoms with van der Waals surface area (Å²) in [5.74, 6) is 1.78. The number of hydrogen-bond donors (Lipinski definition) is 1. The molecule has 1 aliphatic heterocycles. The first kappa shape index (κ1) is 16.0. The molecule has 0 amide bonds. The first-order valence-electron chi connectivity index (χ1n) is 8.54. The fraction of sp³-hybridized carbons (Fsp3) is 0.400. The number of rotatable bonds is 6. The Labute approximate surface area is 139 Å². The lowest BCUT2D eigenvalue weighted by Gasteiger charge is -2.31. The molecular formula is C20H26N2O. The minimum absolute atomic E-state index is 0.733. The summed E-state index contributed by atoms with van der Waals surface area (Å²) in [6, 6.07) is 19.1. The van der Waals surface area contributed by atoms with E-state index in [0.717, 1.165) is 43.6 Å². The maximum atomic E-state index is 5.84. The maximum absolute atomic E-state index is 5.84. The third kappa shape index (κ3) is 4.81. The quantitative estimate of drug-likeness (QED) is 0.880. The van der Waals surface area contributed by atoms with Crippen LogP contribution in [0.1, 0.15) is 18.4 Å². The van der Waals surface area contributed by atoms with Crippen LogP contribution in [0, 0.1) is 0 Å². The predicted molar refractivity (Wildman–Crippen MR) is 95.2 cm³/mol. The monoisotopic (exact) mass is 310 g/mol. The molecule has 3 rings (SSSR count). The highest BCUT2D eigenvalue weighted by molar-refractivity contribution is 5.33. The highest BCUT2D eigenvalue weighted by Gasteiger charge is 2.17. The van der Waals surface area contributed by atoms with Crippen LogP contribution in [0.5, 0.6) is 11.5 Å². The Morgan fingerprint density at radius 1 is 0.957 bits per heavy atom. The number of likely N-dealkylation sites (N-methyl/N-ethyl adjacent to an activating group) is 1. The van der Waals surface area contributed by atoms with E-state index >= 15 is 0 Å². The van der Waals surface area contributed by atoms with E-state index < -0.39 is 0 Å². The van der Waals surface area contributed by atoms with Crippen molar-refractivity contribution < 1.29 is 4.74 Å². The van der Waals surface area contributed by atoms with Crippen LogP contribution in [0.3, 0.4) is 0 Å². The van der Waals surface area contributed by atoms with E-state index in [9.17, 15) is 0 Å². The lowest BCUT2D eigenvalue weighted by Crippen LogP contribution is -2.41. The molecule has 1 N–H and O–H groups in total. The van der Waals surface area contributed by atoms with Crippen molar-refractivity contribution >= 4 is 0 Å². The molecule has 122 valence electrons. The number of nitrogens with one attached hydrogen (secondary N) is 1. The molecule has 2 aromatic rings. The first-order valence-corrected chi connectivity index (χ1v) is 8.54. The minimum Gasteiger partial charge on any atom is -0.457 e. The van der Waals surface area contributed by atoms with Gasteiger partial charge in [-0.15, -0.1) is 0 Å². The van der Waals surface area contributed by atoms with Gasteiger partial charge in [0.25, 0.3) is 0 Å². The average molecular weight is 310 g/mol. The molecule has 1 fully saturated rings. The normalized spacial score (nSPS) is 15.7. The Balaban J connectivity index is 1.49. The summed E-state index contributed by atoms with van der Waals surface area (Å²) in [5.41, 5.74) is 1.37. The number of para-hydroxylation sites is 1. The molecule has 23 heavy (non-hydrogen) atoms. The van der Waals surface area contributed by atoms with Crippen molar-refractivity contribution in [2.75, 3.05) is 26.7 Å². The lowest BCUT2D eigenvalue weighted by atomic mass is 10.0. The van der Waals surface area contributed by atoms with Crippen molar-refractivity contribution in [2.45, 2.75) is 25.3 Å². The zero-order valence-corrected chi connectivity index (χ0v) is 13.9. The smallest absolute Gasteiger partial charge is 0.127 e. The van der Waals surface area contributed by atoms with Crippen LogP contribution in [0.4, 0.5) is 0 Å². The third-order valence-corrected chi connectivity index (χ3v) is 4.59. The van der Waals surface area contributed by atoms with Gasteiger partial charge in [-0.2, -0.15) is 0 Å². The summed E-state index contributed by atoms with van der Waals surface area (Å²) < 4.78 is 5.84. The van der Waals surface area contributed by atoms with Gasteiger partial charge in [-0.3, -0.25) is 0 Å². The molecule has 1 saturated heterocycles. The van der Waals surface area contributed by atoms with Crippen LogP contribution in [0.25, 0.3) is 0 Å². The zero-order chi connectivity index (χ0) is 15.9. The van der Waals surface area contributed by atoms with Crippen molar-refractivity contribution in [3.8, 4) is 11.5 Å². The average Bonchev–Trinajstić information content (AvgIpc) is 2.62. The molecular weight excluding hydrogens is 284 g/mol. The van der Waals surface area contributed by atoms with Crippen LogP contribution in [0.2, 0.25) is 0 Å². The molecule has 1 heterocycles. The summed E-state index contributed by atoms with van der Waals surface area (Å²) in [6.45, 7) is 3.42. The highest BCUT2D eigenvalue weighted by Crippen LogP contribution is 2.21. The largest absolute Gasteiger partial charge is 0.457 e. The SMILES string of the molecule is CN(CCc1ccc(Oc2ccccc2)cc1)C1CCNCC1. The molecule has 2 aromatic carbocycles. The lowest BCUT2D eigenvalue weighted by molar-refractivity contribution is 0.201. The molecule has 3 heteroatoms. The van der Waals surface area contributed by atoms with Gasteiger partial charge in [0.1, 0.15) is 11.5 Å². The summed E-state index contributed by atoms with van der Waals surface area (Å²) in [4.78, 5) is 2.51. The Kier molecular flexibility index (Phi) is 5.67. The van der Waals surface area contributed by atoms with Crippen LogP contribution >= 0.6 is 0 Å². The Morgan fingerprint density at radius 2 is 1.61 bits per heavy atom. The third-order valence-electron chi connectivity index (χ3n) is 4.59. The summed E-state index contributed by atoms with van der Waals surface area (Å²) in [7, 11) is 2.25. The van der Waals surface area contributed by atoms with E-state index in [2.05, 4.69) is 41.5 Å². The molecule has 0 aromatic heterocycles. The van der Waals surface area contributed by atoms with Gasteiger partial charge < -0.3 is 15.0 Å². The van der Waals surface area contributed by atoms with Crippen molar-refractivity contribution in [1.29, 1.82) is 0 Å². The van der Waals surface area contributed by atoms with Crippen molar-refractivity contribution in [1.82, 2.24) is 10.2 Å². The fourth-order valence-electron chi connectivity index (χ4n) is 3.08. The number of hydrogen-bond acceptors (Lipinski definition) is 3. The molecule has 0 bridgehead atoms. The van der Waals surface area contributed by atoms with E-state index in [-0.39, 0.29) is 0 Å². The van der Waals surface area contributed by atoms with Gasteiger partial charge in [0.15, 0.2) is 0 Å². The Hall–Kier alpha value is -1.84. The number of ether oxygens (including phenoxy) is 1. The molecule has 0 atom stereocenters. The van der Waals surface area contributed by atoms with Crippen molar-refractivity contribution in [3.63, 3.8) is 0 Å². The highest BCUT2D eigenvalue weighted by atomic mass is 16.5. The summed E-state index contributed by atoms with van der Waals surface area (Å²) >= 11 is 0. The minimum atomic E-state index is 0.733. The van der Waals surface area contributed by atoms with E-state index in [0.29, 0.717) is 0 Å². The van der Waals surface area contributed by atoms with Gasteiger partial charge in [0, 0.05) is 12.6 Å². The van der Waals surface area contributed by atoms with Gasteiger partial charge in [-0.1, -0.05) is 30.3 Å². The fourth-order valence-corrected chi connectivity index (χ4v) is 3.08. The molecule has 0 radical (unpaired) electrons. The molecule has 0 aliphatic carbocycles. The van der Waals surface area contributed by atoms with Crippen LogP contribution in [-0.4, -0.2) is 37.6 Å². The number of benzene rings is 2. The van der Waals surface area contributed by atoms with Gasteiger partial charge in [-0.05, 0) is 69.2 Å². The maximum Gasteiger partial charge on any atom is 0.127 e. The van der Waals surface area contributed by atoms with E-state index in [1.165, 1.54) is 18.4 Å². The van der Waals surface area contributed by atoms with E-state index in [4.69, 9.17) is 4.74 Å². The van der Waals surface area contributed by atoms with Gasteiger partial charge >= 0.3 is 0 Å². The molecule has 0 spiro atoms. The van der Waals surface area contributed by atoms with Crippen molar-refractivity contribution in [3.05, 3.63) is 60.2 Å². The van der Waals surface area contributed by atoms with E-state index in [1.54, 1.807) is 0 Å². The van der Waals surface area contributed by atoms with Gasteiger partial charge in [-0.25, -0.2) is 0 Å². The summed E-state index contributed by atoms with van der Waals surface area (Å²) in [6.07, 6.45) is 3.62. The second-order valence-corrected chi connectivity index (χ2v) is 6.27. The standard InChI is InChI=1S/C20H26N2O/c1-22(18-11-14-21-15-12-18)16-13-17-7-9-20(10-8-17)23-19-5-3-2-4-6-19/h2-10,18,21H,11-16H2,1H3. The second-order valence-electron chi connectivity index (χ2n) is 6.27. The molecule has 0 unspecified atom stereocenters. The zero-order valence-electron chi connectivity index (χ0n) is 13.9. The Bertz CT molecular complexity index is 576. The summed E-state index contributed by atoms with van der Waals surface area (Å²) in [5, 5.41) is 3.43. The van der Waals surface area contributed by atoms with Crippen LogP contribution < -0.4 is 10.1 Å². The van der Waals surface area contributed by atoms with Crippen molar-refractivity contribution in [2.24, 2.45) is 0 Å². The van der Waals surface area contributed by atoms with Crippen LogP contribution in [0.15, 0.2) is 54.6 Å². The second kappa shape index (κ2) is 8.14. The molecule has 1 aliphatic rings. The van der Waals surface area contributed by atoms with Gasteiger partial charge in [0.2, 0.25) is 0 Å². The predicted octanol–water partition coefficient (Wildman–Crippen LogP) is 3.71.